The molecular formula is C20H17N3O2. The molecule has 1 aromatic heterocycles. The molecule has 5 nitrogen and oxygen atoms in total. The molecule has 1 saturated heterocycles. The summed E-state index contributed by atoms with van der Waals surface area (Å²) in [4.78, 5) is 30.4. The summed E-state index contributed by atoms with van der Waals surface area (Å²) in [6.45, 7) is 0.0637. The fourth-order valence-corrected chi connectivity index (χ4v) is 4.16. The van der Waals surface area contributed by atoms with E-state index in [-0.39, 0.29) is 24.4 Å². The Morgan fingerprint density at radius 3 is 2.56 bits per heavy atom. The second-order valence-electron chi connectivity index (χ2n) is 6.61. The van der Waals surface area contributed by atoms with Crippen LogP contribution in [0.4, 0.5) is 0 Å². The minimum atomic E-state index is -0.460. The van der Waals surface area contributed by atoms with Crippen molar-refractivity contribution < 1.29 is 9.59 Å². The van der Waals surface area contributed by atoms with Gasteiger partial charge in [-0.05, 0) is 17.2 Å². The number of H-pyrrole nitrogens is 1. The van der Waals surface area contributed by atoms with Crippen molar-refractivity contribution in [1.29, 1.82) is 0 Å². The van der Waals surface area contributed by atoms with E-state index < -0.39 is 6.04 Å². The first kappa shape index (κ1) is 14.3. The van der Waals surface area contributed by atoms with Crippen LogP contribution in [0.1, 0.15) is 22.9 Å². The number of para-hydroxylation sites is 1. The zero-order chi connectivity index (χ0) is 17.0. The number of carbonyl (C=O) groups is 2. The SMILES string of the molecule is O=C1NCC(=O)N2C(c3ccccc3)c3[nH]c4ccccc4c3C[C@@H]12. The number of rotatable bonds is 1. The number of benzene rings is 2. The maximum Gasteiger partial charge on any atom is 0.243 e. The molecule has 1 fully saturated rings. The quantitative estimate of drug-likeness (QED) is 0.717. The highest BCUT2D eigenvalue weighted by Crippen LogP contribution is 2.41. The van der Waals surface area contributed by atoms with Gasteiger partial charge in [-0.2, -0.15) is 0 Å². The molecule has 0 spiro atoms. The van der Waals surface area contributed by atoms with Crippen molar-refractivity contribution in [2.24, 2.45) is 0 Å². The van der Waals surface area contributed by atoms with E-state index in [1.807, 2.05) is 48.5 Å². The lowest BCUT2D eigenvalue weighted by Gasteiger charge is -2.44. The molecule has 2 aliphatic rings. The third-order valence-electron chi connectivity index (χ3n) is 5.25. The Hall–Kier alpha value is -3.08. The third kappa shape index (κ3) is 2.02. The minimum Gasteiger partial charge on any atom is -0.356 e. The van der Waals surface area contributed by atoms with Crippen molar-refractivity contribution in [3.05, 3.63) is 71.4 Å². The van der Waals surface area contributed by atoms with Crippen LogP contribution in [0, 0.1) is 0 Å². The molecule has 2 aromatic carbocycles. The Morgan fingerprint density at radius 1 is 0.960 bits per heavy atom. The average Bonchev–Trinajstić information content (AvgIpc) is 3.02. The van der Waals surface area contributed by atoms with Gasteiger partial charge in [0, 0.05) is 23.0 Å². The molecule has 2 N–H and O–H groups in total. The molecule has 25 heavy (non-hydrogen) atoms. The Labute approximate surface area is 144 Å². The van der Waals surface area contributed by atoms with Crippen LogP contribution in [0.15, 0.2) is 54.6 Å². The standard InChI is InChI=1S/C20H17N3O2/c24-17-11-21-20(25)16-10-14-13-8-4-5-9-15(13)22-18(14)19(23(16)17)12-6-2-1-3-7-12/h1-9,16,19,22H,10-11H2,(H,21,25)/t16-,19?/m0/s1. The van der Waals surface area contributed by atoms with E-state index in [0.29, 0.717) is 6.42 Å². The summed E-state index contributed by atoms with van der Waals surface area (Å²) in [6.07, 6.45) is 0.542. The number of nitrogens with one attached hydrogen (secondary N) is 2. The van der Waals surface area contributed by atoms with E-state index in [1.54, 1.807) is 4.90 Å². The van der Waals surface area contributed by atoms with Gasteiger partial charge in [0.2, 0.25) is 11.8 Å². The largest absolute Gasteiger partial charge is 0.356 e. The number of nitrogens with zero attached hydrogens (tertiary/aromatic N) is 1. The van der Waals surface area contributed by atoms with Gasteiger partial charge in [-0.15, -0.1) is 0 Å². The number of fused-ring (bicyclic) bond motifs is 4. The number of hydrogen-bond donors (Lipinski definition) is 2. The molecule has 3 aromatic rings. The van der Waals surface area contributed by atoms with Crippen LogP contribution in [-0.2, 0) is 16.0 Å². The number of piperazine rings is 1. The lowest BCUT2D eigenvalue weighted by Crippen LogP contribution is -2.61. The molecule has 0 aliphatic carbocycles. The predicted molar refractivity (Wildman–Crippen MR) is 93.9 cm³/mol. The predicted octanol–water partition coefficient (Wildman–Crippen LogP) is 2.14. The van der Waals surface area contributed by atoms with E-state index in [0.717, 1.165) is 27.7 Å². The molecule has 2 atom stereocenters. The lowest BCUT2D eigenvalue weighted by molar-refractivity contribution is -0.148. The van der Waals surface area contributed by atoms with Gasteiger partial charge < -0.3 is 15.2 Å². The average molecular weight is 331 g/mol. The number of amides is 2. The fourth-order valence-electron chi connectivity index (χ4n) is 4.16. The first-order valence-electron chi connectivity index (χ1n) is 8.47. The van der Waals surface area contributed by atoms with Crippen molar-refractivity contribution in [2.75, 3.05) is 6.54 Å². The summed E-state index contributed by atoms with van der Waals surface area (Å²) in [7, 11) is 0. The van der Waals surface area contributed by atoms with Crippen molar-refractivity contribution in [3.8, 4) is 0 Å². The highest BCUT2D eigenvalue weighted by Gasteiger charge is 2.45. The minimum absolute atomic E-state index is 0.0391. The van der Waals surface area contributed by atoms with Gasteiger partial charge >= 0.3 is 0 Å². The van der Waals surface area contributed by atoms with Crippen molar-refractivity contribution >= 4 is 22.7 Å². The Bertz CT molecular complexity index is 993. The molecule has 1 unspecified atom stereocenters. The topological polar surface area (TPSA) is 65.2 Å². The third-order valence-corrected chi connectivity index (χ3v) is 5.25. The van der Waals surface area contributed by atoms with E-state index in [9.17, 15) is 9.59 Å². The number of aromatic amines is 1. The number of aromatic nitrogens is 1. The Kier molecular flexibility index (Phi) is 2.98. The van der Waals surface area contributed by atoms with Crippen molar-refractivity contribution in [1.82, 2.24) is 15.2 Å². The fraction of sp³-hybridized carbons (Fsp3) is 0.200. The normalized spacial score (nSPS) is 22.5. The Morgan fingerprint density at radius 2 is 1.72 bits per heavy atom. The van der Waals surface area contributed by atoms with Crippen molar-refractivity contribution in [2.45, 2.75) is 18.5 Å². The molecule has 3 heterocycles. The van der Waals surface area contributed by atoms with Crippen LogP contribution in [0.3, 0.4) is 0 Å². The van der Waals surface area contributed by atoms with E-state index in [1.165, 1.54) is 0 Å². The lowest BCUT2D eigenvalue weighted by atomic mass is 9.86. The molecule has 2 amide bonds. The van der Waals surface area contributed by atoms with Crippen LogP contribution in [0.2, 0.25) is 0 Å². The summed E-state index contributed by atoms with van der Waals surface area (Å²) >= 11 is 0. The molecule has 2 aliphatic heterocycles. The van der Waals surface area contributed by atoms with Crippen LogP contribution in [0.5, 0.6) is 0 Å². The van der Waals surface area contributed by atoms with Gasteiger partial charge in [-0.1, -0.05) is 48.5 Å². The molecule has 0 saturated carbocycles. The maximum absolute atomic E-state index is 12.7. The monoisotopic (exact) mass is 331 g/mol. The molecule has 5 rings (SSSR count). The van der Waals surface area contributed by atoms with Crippen LogP contribution < -0.4 is 5.32 Å². The summed E-state index contributed by atoms with van der Waals surface area (Å²) < 4.78 is 0. The molecule has 124 valence electrons. The van der Waals surface area contributed by atoms with Crippen LogP contribution >= 0.6 is 0 Å². The van der Waals surface area contributed by atoms with E-state index >= 15 is 0 Å². The number of carbonyl (C=O) groups excluding carboxylic acids is 2. The second-order valence-corrected chi connectivity index (χ2v) is 6.61. The van der Waals surface area contributed by atoms with Gasteiger partial charge in [-0.25, -0.2) is 0 Å². The van der Waals surface area contributed by atoms with Gasteiger partial charge in [-0.3, -0.25) is 9.59 Å². The summed E-state index contributed by atoms with van der Waals surface area (Å²) in [5.74, 6) is -0.112. The highest BCUT2D eigenvalue weighted by atomic mass is 16.2. The molecule has 5 heteroatoms. The Balaban J connectivity index is 1.78. The van der Waals surface area contributed by atoms with Crippen LogP contribution in [0.25, 0.3) is 10.9 Å². The van der Waals surface area contributed by atoms with E-state index in [2.05, 4.69) is 16.4 Å². The van der Waals surface area contributed by atoms with E-state index in [4.69, 9.17) is 0 Å². The summed E-state index contributed by atoms with van der Waals surface area (Å²) in [5.41, 5.74) is 4.21. The van der Waals surface area contributed by atoms with Gasteiger partial charge in [0.25, 0.3) is 0 Å². The summed E-state index contributed by atoms with van der Waals surface area (Å²) in [5, 5.41) is 3.86. The van der Waals surface area contributed by atoms with Crippen molar-refractivity contribution in [3.63, 3.8) is 0 Å². The first-order valence-corrected chi connectivity index (χ1v) is 8.47. The molecular weight excluding hydrogens is 314 g/mol. The zero-order valence-corrected chi connectivity index (χ0v) is 13.5. The van der Waals surface area contributed by atoms with Gasteiger partial charge in [0.1, 0.15) is 6.04 Å². The van der Waals surface area contributed by atoms with Gasteiger partial charge in [0.15, 0.2) is 0 Å². The zero-order valence-electron chi connectivity index (χ0n) is 13.5. The molecule has 0 bridgehead atoms. The second kappa shape index (κ2) is 5.21. The first-order chi connectivity index (χ1) is 12.2. The maximum atomic E-state index is 12.7. The highest BCUT2D eigenvalue weighted by molar-refractivity contribution is 5.97. The molecule has 0 radical (unpaired) electrons. The van der Waals surface area contributed by atoms with Gasteiger partial charge in [0.05, 0.1) is 12.6 Å². The van der Waals surface area contributed by atoms with Crippen LogP contribution in [-0.4, -0.2) is 34.3 Å². The summed E-state index contributed by atoms with van der Waals surface area (Å²) in [6, 6.07) is 17.3. The smallest absolute Gasteiger partial charge is 0.243 e. The number of hydrogen-bond acceptors (Lipinski definition) is 2.